The monoisotopic (exact) mass is 161 g/mol. The first-order chi connectivity index (χ1) is 4.83. The van der Waals surface area contributed by atoms with Crippen LogP contribution < -0.4 is 0 Å². The van der Waals surface area contributed by atoms with Crippen molar-refractivity contribution in [3.8, 4) is 0 Å². The average Bonchev–Trinajstić information content (AvgIpc) is 1.88. The highest BCUT2D eigenvalue weighted by Crippen LogP contribution is 2.03. The highest BCUT2D eigenvalue weighted by molar-refractivity contribution is 7.80. The number of hydrogen-bond acceptors (Lipinski definition) is 3. The number of rotatable bonds is 2. The maximum Gasteiger partial charge on any atom is 0.0674 e. The van der Waals surface area contributed by atoms with Gasteiger partial charge in [0.15, 0.2) is 0 Å². The number of thiol groups is 1. The summed E-state index contributed by atoms with van der Waals surface area (Å²) in [4.78, 5) is 2.39. The lowest BCUT2D eigenvalue weighted by atomic mass is 10.3. The van der Waals surface area contributed by atoms with Crippen molar-refractivity contribution in [3.05, 3.63) is 0 Å². The zero-order valence-corrected chi connectivity index (χ0v) is 7.31. The van der Waals surface area contributed by atoms with E-state index in [0.29, 0.717) is 6.10 Å². The minimum atomic E-state index is 0.411. The Hall–Kier alpha value is 0.270. The molecule has 1 aliphatic rings. The van der Waals surface area contributed by atoms with Gasteiger partial charge in [0, 0.05) is 25.4 Å². The van der Waals surface area contributed by atoms with E-state index < -0.39 is 0 Å². The molecule has 0 aromatic carbocycles. The van der Waals surface area contributed by atoms with Gasteiger partial charge < -0.3 is 4.74 Å². The summed E-state index contributed by atoms with van der Waals surface area (Å²) in [5.41, 5.74) is 0. The maximum atomic E-state index is 5.39. The molecule has 2 nitrogen and oxygen atoms in total. The Morgan fingerprint density at radius 3 is 3.10 bits per heavy atom. The van der Waals surface area contributed by atoms with Crippen LogP contribution in [0.4, 0.5) is 0 Å². The number of nitrogens with zero attached hydrogens (tertiary/aromatic N) is 1. The second-order valence-electron chi connectivity index (χ2n) is 2.71. The molecule has 1 aliphatic heterocycles. The molecule has 0 aromatic heterocycles. The Labute approximate surface area is 68.0 Å². The van der Waals surface area contributed by atoms with Crippen LogP contribution in [0, 0.1) is 0 Å². The minimum Gasteiger partial charge on any atom is -0.376 e. The van der Waals surface area contributed by atoms with Crippen LogP contribution in [-0.4, -0.2) is 43.0 Å². The van der Waals surface area contributed by atoms with Gasteiger partial charge in [0.1, 0.15) is 0 Å². The van der Waals surface area contributed by atoms with Gasteiger partial charge in [-0.2, -0.15) is 12.6 Å². The first-order valence-electron chi connectivity index (χ1n) is 3.77. The van der Waals surface area contributed by atoms with E-state index in [-0.39, 0.29) is 0 Å². The van der Waals surface area contributed by atoms with E-state index in [2.05, 4.69) is 24.5 Å². The Morgan fingerprint density at radius 1 is 1.70 bits per heavy atom. The molecule has 0 bridgehead atoms. The fourth-order valence-corrected chi connectivity index (χ4v) is 1.52. The standard InChI is InChI=1S/C7H15NOS/c1-7-6-8(3-5-10)2-4-9-7/h7,10H,2-6H2,1H3. The second-order valence-corrected chi connectivity index (χ2v) is 3.15. The molecule has 0 aromatic rings. The molecule has 0 spiro atoms. The highest BCUT2D eigenvalue weighted by Gasteiger charge is 2.14. The van der Waals surface area contributed by atoms with Gasteiger partial charge in [-0.3, -0.25) is 4.90 Å². The number of morpholine rings is 1. The SMILES string of the molecule is CC1CN(CCS)CCO1. The predicted molar refractivity (Wildman–Crippen MR) is 45.7 cm³/mol. The van der Waals surface area contributed by atoms with E-state index in [1.54, 1.807) is 0 Å². The molecule has 60 valence electrons. The fraction of sp³-hybridized carbons (Fsp3) is 1.00. The van der Waals surface area contributed by atoms with Gasteiger partial charge in [0.25, 0.3) is 0 Å². The van der Waals surface area contributed by atoms with Gasteiger partial charge >= 0.3 is 0 Å². The van der Waals surface area contributed by atoms with Crippen molar-refractivity contribution in [3.63, 3.8) is 0 Å². The molecule has 0 radical (unpaired) electrons. The summed E-state index contributed by atoms with van der Waals surface area (Å²) in [6.45, 7) is 6.24. The predicted octanol–water partition coefficient (Wildman–Crippen LogP) is 0.637. The van der Waals surface area contributed by atoms with Crippen molar-refractivity contribution in [1.82, 2.24) is 4.90 Å². The Kier molecular flexibility index (Phi) is 3.52. The smallest absolute Gasteiger partial charge is 0.0674 e. The van der Waals surface area contributed by atoms with Crippen molar-refractivity contribution in [2.75, 3.05) is 32.0 Å². The summed E-state index contributed by atoms with van der Waals surface area (Å²) in [6.07, 6.45) is 0.411. The van der Waals surface area contributed by atoms with E-state index >= 15 is 0 Å². The zero-order valence-electron chi connectivity index (χ0n) is 6.42. The first kappa shape index (κ1) is 8.37. The Balaban J connectivity index is 2.18. The highest BCUT2D eigenvalue weighted by atomic mass is 32.1. The summed E-state index contributed by atoms with van der Waals surface area (Å²) >= 11 is 4.18. The van der Waals surface area contributed by atoms with Crippen molar-refractivity contribution in [2.45, 2.75) is 13.0 Å². The fourth-order valence-electron chi connectivity index (χ4n) is 1.24. The molecular weight excluding hydrogens is 146 g/mol. The summed E-state index contributed by atoms with van der Waals surface area (Å²) in [6, 6.07) is 0. The Morgan fingerprint density at radius 2 is 2.50 bits per heavy atom. The van der Waals surface area contributed by atoms with Gasteiger partial charge in [-0.25, -0.2) is 0 Å². The van der Waals surface area contributed by atoms with Crippen LogP contribution in [0.2, 0.25) is 0 Å². The maximum absolute atomic E-state index is 5.39. The molecule has 0 amide bonds. The van der Waals surface area contributed by atoms with Crippen LogP contribution in [0.1, 0.15) is 6.92 Å². The molecule has 1 atom stereocenters. The minimum absolute atomic E-state index is 0.411. The van der Waals surface area contributed by atoms with Crippen molar-refractivity contribution in [2.24, 2.45) is 0 Å². The van der Waals surface area contributed by atoms with Crippen molar-refractivity contribution in [1.29, 1.82) is 0 Å². The van der Waals surface area contributed by atoms with Crippen LogP contribution in [0.25, 0.3) is 0 Å². The van der Waals surface area contributed by atoms with Crippen LogP contribution >= 0.6 is 12.6 Å². The van der Waals surface area contributed by atoms with E-state index in [1.807, 2.05) is 0 Å². The molecule has 0 N–H and O–H groups in total. The van der Waals surface area contributed by atoms with Crippen LogP contribution in [0.15, 0.2) is 0 Å². The largest absolute Gasteiger partial charge is 0.376 e. The average molecular weight is 161 g/mol. The molecule has 1 rings (SSSR count). The van der Waals surface area contributed by atoms with Gasteiger partial charge in [0.2, 0.25) is 0 Å². The Bertz CT molecular complexity index is 97.6. The molecule has 1 unspecified atom stereocenters. The van der Waals surface area contributed by atoms with Gasteiger partial charge in [-0.1, -0.05) is 0 Å². The molecule has 0 aliphatic carbocycles. The molecule has 1 fully saturated rings. The second kappa shape index (κ2) is 4.21. The third-order valence-electron chi connectivity index (χ3n) is 1.74. The van der Waals surface area contributed by atoms with Crippen LogP contribution in [0.3, 0.4) is 0 Å². The van der Waals surface area contributed by atoms with E-state index in [9.17, 15) is 0 Å². The van der Waals surface area contributed by atoms with E-state index in [1.165, 1.54) is 0 Å². The van der Waals surface area contributed by atoms with Gasteiger partial charge in [0.05, 0.1) is 12.7 Å². The summed E-state index contributed by atoms with van der Waals surface area (Å²) in [7, 11) is 0. The van der Waals surface area contributed by atoms with Gasteiger partial charge in [-0.05, 0) is 6.92 Å². The van der Waals surface area contributed by atoms with E-state index in [4.69, 9.17) is 4.74 Å². The van der Waals surface area contributed by atoms with E-state index in [0.717, 1.165) is 32.0 Å². The third-order valence-corrected chi connectivity index (χ3v) is 1.94. The summed E-state index contributed by atoms with van der Waals surface area (Å²) in [5.74, 6) is 0.951. The molecule has 0 saturated carbocycles. The lowest BCUT2D eigenvalue weighted by Gasteiger charge is -2.30. The quantitative estimate of drug-likeness (QED) is 0.597. The topological polar surface area (TPSA) is 12.5 Å². The molecular formula is C7H15NOS. The van der Waals surface area contributed by atoms with Crippen molar-refractivity contribution >= 4 is 12.6 Å². The lowest BCUT2D eigenvalue weighted by molar-refractivity contribution is -0.0158. The molecule has 1 heterocycles. The van der Waals surface area contributed by atoms with Crippen LogP contribution in [-0.2, 0) is 4.74 Å². The molecule has 1 saturated heterocycles. The lowest BCUT2D eigenvalue weighted by Crippen LogP contribution is -2.41. The normalized spacial score (nSPS) is 28.8. The number of hydrogen-bond donors (Lipinski definition) is 1. The van der Waals surface area contributed by atoms with Gasteiger partial charge in [-0.15, -0.1) is 0 Å². The molecule has 3 heteroatoms. The number of ether oxygens (including phenoxy) is 1. The summed E-state index contributed by atoms with van der Waals surface area (Å²) in [5, 5.41) is 0. The van der Waals surface area contributed by atoms with Crippen molar-refractivity contribution < 1.29 is 4.74 Å². The molecule has 10 heavy (non-hydrogen) atoms. The first-order valence-corrected chi connectivity index (χ1v) is 4.41. The zero-order chi connectivity index (χ0) is 7.40. The third kappa shape index (κ3) is 2.48. The van der Waals surface area contributed by atoms with Crippen LogP contribution in [0.5, 0.6) is 0 Å². The summed E-state index contributed by atoms with van der Waals surface area (Å²) < 4.78 is 5.39.